The Hall–Kier alpha value is -3.51. The molecule has 3 heterocycles. The third kappa shape index (κ3) is 5.18. The van der Waals surface area contributed by atoms with Crippen LogP contribution in [0.15, 0.2) is 60.1 Å². The van der Waals surface area contributed by atoms with E-state index in [0.717, 1.165) is 48.9 Å². The zero-order chi connectivity index (χ0) is 23.9. The number of thiazole rings is 1. The van der Waals surface area contributed by atoms with Crippen LogP contribution in [0, 0.1) is 11.3 Å². The first-order valence-corrected chi connectivity index (χ1v) is 12.4. The number of rotatable bonds is 5. The minimum atomic E-state index is -0.255. The second-order valence-electron chi connectivity index (χ2n) is 7.72. The fraction of sp³-hybridized carbons (Fsp3) is 0.269. The smallest absolute Gasteiger partial charge is 0.255 e. The van der Waals surface area contributed by atoms with Crippen molar-refractivity contribution < 1.29 is 4.79 Å². The third-order valence-electron chi connectivity index (χ3n) is 5.58. The molecule has 7 nitrogen and oxygen atoms in total. The summed E-state index contributed by atoms with van der Waals surface area (Å²) in [6.07, 6.45) is 2.05. The molecule has 0 atom stereocenters. The minimum absolute atomic E-state index is 0.255. The Morgan fingerprint density at radius 3 is 2.76 bits per heavy atom. The Morgan fingerprint density at radius 1 is 1.18 bits per heavy atom. The Kier molecular flexibility index (Phi) is 7.70. The van der Waals surface area contributed by atoms with Gasteiger partial charge in [0.15, 0.2) is 4.96 Å². The highest BCUT2D eigenvalue weighted by atomic mass is 32.1. The second-order valence-corrected chi connectivity index (χ2v) is 8.56. The van der Waals surface area contributed by atoms with E-state index < -0.39 is 0 Å². The van der Waals surface area contributed by atoms with Crippen molar-refractivity contribution in [2.45, 2.75) is 20.4 Å². The van der Waals surface area contributed by atoms with Gasteiger partial charge in [-0.2, -0.15) is 5.26 Å². The number of anilines is 1. The molecule has 0 spiro atoms. The van der Waals surface area contributed by atoms with E-state index in [-0.39, 0.29) is 5.91 Å². The lowest BCUT2D eigenvalue weighted by molar-refractivity contribution is 0.102. The molecule has 0 bridgehead atoms. The fourth-order valence-corrected chi connectivity index (χ4v) is 4.78. The number of carbonyl (C=O) groups is 1. The average molecular weight is 473 g/mol. The van der Waals surface area contributed by atoms with Gasteiger partial charge in [0.25, 0.3) is 5.91 Å². The highest BCUT2D eigenvalue weighted by Gasteiger charge is 2.17. The average Bonchev–Trinajstić information content (AvgIpc) is 3.48. The maximum atomic E-state index is 12.8. The quantitative estimate of drug-likeness (QED) is 0.443. The molecule has 34 heavy (non-hydrogen) atoms. The minimum Gasteiger partial charge on any atom is -0.321 e. The van der Waals surface area contributed by atoms with E-state index in [1.165, 1.54) is 5.69 Å². The molecule has 2 aromatic heterocycles. The van der Waals surface area contributed by atoms with E-state index in [4.69, 9.17) is 10.2 Å². The Labute approximate surface area is 203 Å². The summed E-state index contributed by atoms with van der Waals surface area (Å²) in [4.78, 5) is 21.0. The van der Waals surface area contributed by atoms with E-state index in [1.54, 1.807) is 35.6 Å². The lowest BCUT2D eigenvalue weighted by Crippen LogP contribution is -2.43. The molecule has 1 aliphatic heterocycles. The lowest BCUT2D eigenvalue weighted by atomic mass is 10.1. The largest absolute Gasteiger partial charge is 0.321 e. The van der Waals surface area contributed by atoms with Gasteiger partial charge in [-0.25, -0.2) is 4.98 Å². The molecule has 4 aromatic rings. The van der Waals surface area contributed by atoms with Crippen molar-refractivity contribution in [2.24, 2.45) is 0 Å². The number of nitrogens with zero attached hydrogens (tertiary/aromatic N) is 4. The van der Waals surface area contributed by atoms with Crippen LogP contribution in [0.1, 0.15) is 35.5 Å². The third-order valence-corrected chi connectivity index (χ3v) is 6.47. The van der Waals surface area contributed by atoms with Crippen molar-refractivity contribution in [3.05, 3.63) is 76.9 Å². The summed E-state index contributed by atoms with van der Waals surface area (Å²) >= 11 is 1.63. The van der Waals surface area contributed by atoms with Gasteiger partial charge in [0.1, 0.15) is 0 Å². The number of amides is 1. The summed E-state index contributed by atoms with van der Waals surface area (Å²) < 4.78 is 2.15. The predicted octanol–water partition coefficient (Wildman–Crippen LogP) is 4.62. The summed E-state index contributed by atoms with van der Waals surface area (Å²) in [7, 11) is 0. The van der Waals surface area contributed by atoms with E-state index in [2.05, 4.69) is 31.4 Å². The summed E-state index contributed by atoms with van der Waals surface area (Å²) in [5, 5.41) is 17.6. The maximum Gasteiger partial charge on any atom is 0.255 e. The van der Waals surface area contributed by atoms with Crippen LogP contribution < -0.4 is 10.6 Å². The van der Waals surface area contributed by atoms with Gasteiger partial charge in [-0.1, -0.05) is 38.1 Å². The number of imidazole rings is 1. The van der Waals surface area contributed by atoms with E-state index in [1.807, 2.05) is 44.3 Å². The van der Waals surface area contributed by atoms with Crippen LogP contribution in [0.25, 0.3) is 16.2 Å². The summed E-state index contributed by atoms with van der Waals surface area (Å²) in [5.41, 5.74) is 4.50. The summed E-state index contributed by atoms with van der Waals surface area (Å²) in [6, 6.07) is 16.4. The van der Waals surface area contributed by atoms with Crippen LogP contribution in [-0.4, -0.2) is 46.4 Å². The molecule has 8 heteroatoms. The van der Waals surface area contributed by atoms with Crippen LogP contribution in [0.5, 0.6) is 0 Å². The molecule has 2 N–H and O–H groups in total. The van der Waals surface area contributed by atoms with Crippen molar-refractivity contribution in [2.75, 3.05) is 31.5 Å². The zero-order valence-corrected chi connectivity index (χ0v) is 20.2. The van der Waals surface area contributed by atoms with Crippen molar-refractivity contribution >= 4 is 27.9 Å². The summed E-state index contributed by atoms with van der Waals surface area (Å²) in [6.45, 7) is 9.02. The van der Waals surface area contributed by atoms with Crippen molar-refractivity contribution in [1.29, 1.82) is 5.26 Å². The molecule has 1 saturated heterocycles. The maximum absolute atomic E-state index is 12.8. The second kappa shape index (κ2) is 11.1. The molecule has 0 saturated carbocycles. The van der Waals surface area contributed by atoms with Crippen LogP contribution in [-0.2, 0) is 6.54 Å². The number of aromatic nitrogens is 2. The number of carbonyl (C=O) groups excluding carboxylic acids is 1. The molecule has 0 unspecified atom stereocenters. The molecule has 5 rings (SSSR count). The van der Waals surface area contributed by atoms with Gasteiger partial charge in [0.2, 0.25) is 0 Å². The fourth-order valence-electron chi connectivity index (χ4n) is 3.91. The molecule has 2 aromatic carbocycles. The molecule has 1 fully saturated rings. The van der Waals surface area contributed by atoms with Crippen LogP contribution >= 0.6 is 11.3 Å². The van der Waals surface area contributed by atoms with Crippen molar-refractivity contribution in [3.63, 3.8) is 0 Å². The SMILES string of the molecule is CC.N#Cc1cccc(C(=O)Nc2ccccc2-c2cn3c(CN4CCNCC4)csc3n2)c1. The highest BCUT2D eigenvalue weighted by Crippen LogP contribution is 2.30. The number of benzene rings is 2. The highest BCUT2D eigenvalue weighted by molar-refractivity contribution is 7.15. The van der Waals surface area contributed by atoms with Gasteiger partial charge in [-0.3, -0.25) is 14.1 Å². The van der Waals surface area contributed by atoms with Crippen LogP contribution in [0.4, 0.5) is 5.69 Å². The van der Waals surface area contributed by atoms with Gasteiger partial charge >= 0.3 is 0 Å². The Bertz CT molecular complexity index is 1310. The lowest BCUT2D eigenvalue weighted by Gasteiger charge is -2.26. The van der Waals surface area contributed by atoms with Gasteiger partial charge in [0.05, 0.1) is 23.0 Å². The number of fused-ring (bicyclic) bond motifs is 1. The first-order valence-electron chi connectivity index (χ1n) is 11.5. The standard InChI is InChI=1S/C24H22N6OS.C2H6/c25-13-17-4-3-5-18(12-17)23(31)27-21-7-2-1-6-20(21)22-15-30-19(16-32-24(30)28-22)14-29-10-8-26-9-11-29;1-2/h1-7,12,15-16,26H,8-11,14H2,(H,27,31);1-2H3. The number of nitriles is 1. The summed E-state index contributed by atoms with van der Waals surface area (Å²) in [5.74, 6) is -0.255. The Morgan fingerprint density at radius 2 is 1.97 bits per heavy atom. The first kappa shape index (κ1) is 23.6. The van der Waals surface area contributed by atoms with E-state index in [9.17, 15) is 4.79 Å². The molecular weight excluding hydrogens is 444 g/mol. The van der Waals surface area contributed by atoms with Crippen molar-refractivity contribution in [3.8, 4) is 17.3 Å². The number of hydrogen-bond acceptors (Lipinski definition) is 6. The van der Waals surface area contributed by atoms with Gasteiger partial charge in [-0.05, 0) is 24.3 Å². The molecule has 1 aliphatic rings. The van der Waals surface area contributed by atoms with Crippen molar-refractivity contribution in [1.82, 2.24) is 19.6 Å². The molecule has 1 amide bonds. The molecular formula is C26H28N6OS. The molecule has 0 aliphatic carbocycles. The number of para-hydroxylation sites is 1. The number of piperazine rings is 1. The normalized spacial score (nSPS) is 13.7. The first-order chi connectivity index (χ1) is 16.7. The number of nitrogens with one attached hydrogen (secondary N) is 2. The zero-order valence-electron chi connectivity index (χ0n) is 19.4. The van der Waals surface area contributed by atoms with Crippen LogP contribution in [0.2, 0.25) is 0 Å². The topological polar surface area (TPSA) is 85.5 Å². The predicted molar refractivity (Wildman–Crippen MR) is 137 cm³/mol. The van der Waals surface area contributed by atoms with Gasteiger partial charge in [0, 0.05) is 61.1 Å². The molecule has 0 radical (unpaired) electrons. The number of hydrogen-bond donors (Lipinski definition) is 2. The van der Waals surface area contributed by atoms with Crippen LogP contribution in [0.3, 0.4) is 0 Å². The van der Waals surface area contributed by atoms with Gasteiger partial charge < -0.3 is 10.6 Å². The monoisotopic (exact) mass is 472 g/mol. The molecule has 174 valence electrons. The van der Waals surface area contributed by atoms with Gasteiger partial charge in [-0.15, -0.1) is 11.3 Å². The Balaban J connectivity index is 0.00000133. The van der Waals surface area contributed by atoms with E-state index >= 15 is 0 Å². The van der Waals surface area contributed by atoms with E-state index in [0.29, 0.717) is 16.8 Å².